The minimum absolute atomic E-state index is 0.106. The van der Waals surface area contributed by atoms with E-state index in [1.54, 1.807) is 4.90 Å². The summed E-state index contributed by atoms with van der Waals surface area (Å²) < 4.78 is 39.0. The molecule has 19 heavy (non-hydrogen) atoms. The number of piperidine rings is 1. The third-order valence-electron chi connectivity index (χ3n) is 4.24. The minimum Gasteiger partial charge on any atom is -0.342 e. The summed E-state index contributed by atoms with van der Waals surface area (Å²) in [6.07, 6.45) is -0.778. The molecule has 1 amide bonds. The van der Waals surface area contributed by atoms with Gasteiger partial charge in [0, 0.05) is 23.8 Å². The van der Waals surface area contributed by atoms with Crippen LogP contribution in [-0.4, -0.2) is 34.9 Å². The number of alkyl halides is 4. The highest BCUT2D eigenvalue weighted by atomic mass is 79.9. The van der Waals surface area contributed by atoms with Gasteiger partial charge in [-0.3, -0.25) is 4.79 Å². The van der Waals surface area contributed by atoms with Crippen molar-refractivity contribution in [2.24, 2.45) is 11.8 Å². The first-order chi connectivity index (χ1) is 8.89. The highest BCUT2D eigenvalue weighted by molar-refractivity contribution is 9.09. The van der Waals surface area contributed by atoms with Crippen molar-refractivity contribution in [2.45, 2.75) is 49.5 Å². The second-order valence-electron chi connectivity index (χ2n) is 5.54. The molecule has 0 aromatic rings. The van der Waals surface area contributed by atoms with E-state index in [0.29, 0.717) is 30.8 Å². The van der Waals surface area contributed by atoms with Crippen LogP contribution in [0.3, 0.4) is 0 Å². The maximum atomic E-state index is 13.0. The smallest absolute Gasteiger partial charge is 0.342 e. The number of amides is 1. The molecule has 2 fully saturated rings. The average molecular weight is 342 g/mol. The van der Waals surface area contributed by atoms with Gasteiger partial charge >= 0.3 is 6.18 Å². The van der Waals surface area contributed by atoms with Crippen molar-refractivity contribution in [1.29, 1.82) is 0 Å². The summed E-state index contributed by atoms with van der Waals surface area (Å²) in [5.74, 6) is -2.56. The molecule has 1 aliphatic heterocycles. The van der Waals surface area contributed by atoms with E-state index >= 15 is 0 Å². The summed E-state index contributed by atoms with van der Waals surface area (Å²) in [5.41, 5.74) is 0. The molecule has 2 unspecified atom stereocenters. The molecule has 110 valence electrons. The van der Waals surface area contributed by atoms with Gasteiger partial charge in [-0.2, -0.15) is 13.2 Å². The number of rotatable bonds is 1. The molecule has 1 heterocycles. The Labute approximate surface area is 119 Å². The normalized spacial score (nSPS) is 30.4. The first-order valence-electron chi connectivity index (χ1n) is 6.89. The summed E-state index contributed by atoms with van der Waals surface area (Å²) in [4.78, 5) is 14.3. The largest absolute Gasteiger partial charge is 0.392 e. The SMILES string of the molecule is O=C(C1CCCCC1C(F)(F)F)N1CCC(Br)CC1. The van der Waals surface area contributed by atoms with Crippen LogP contribution in [0.1, 0.15) is 38.5 Å². The molecule has 0 aromatic carbocycles. The van der Waals surface area contributed by atoms with Gasteiger partial charge in [-0.05, 0) is 25.7 Å². The fourth-order valence-corrected chi connectivity index (χ4v) is 3.53. The Kier molecular flexibility index (Phi) is 4.79. The van der Waals surface area contributed by atoms with Crippen molar-refractivity contribution < 1.29 is 18.0 Å². The van der Waals surface area contributed by atoms with E-state index in [4.69, 9.17) is 0 Å². The fraction of sp³-hybridized carbons (Fsp3) is 0.923. The Bertz CT molecular complexity index is 326. The molecule has 2 rings (SSSR count). The van der Waals surface area contributed by atoms with Crippen LogP contribution in [0, 0.1) is 11.8 Å². The molecule has 2 atom stereocenters. The molecule has 6 heteroatoms. The van der Waals surface area contributed by atoms with Gasteiger partial charge in [0.05, 0.1) is 5.92 Å². The van der Waals surface area contributed by atoms with Crippen LogP contribution in [0.15, 0.2) is 0 Å². The Morgan fingerprint density at radius 1 is 1.05 bits per heavy atom. The fourth-order valence-electron chi connectivity index (χ4n) is 3.12. The maximum absolute atomic E-state index is 13.0. The highest BCUT2D eigenvalue weighted by Gasteiger charge is 2.49. The average Bonchev–Trinajstić information content (AvgIpc) is 2.38. The predicted molar refractivity (Wildman–Crippen MR) is 70.0 cm³/mol. The number of carbonyl (C=O) groups is 1. The van der Waals surface area contributed by atoms with Crippen molar-refractivity contribution >= 4 is 21.8 Å². The molecule has 0 radical (unpaired) electrons. The zero-order valence-corrected chi connectivity index (χ0v) is 12.3. The van der Waals surface area contributed by atoms with Crippen LogP contribution in [0.4, 0.5) is 13.2 Å². The lowest BCUT2D eigenvalue weighted by atomic mass is 9.77. The van der Waals surface area contributed by atoms with E-state index < -0.39 is 18.0 Å². The first-order valence-corrected chi connectivity index (χ1v) is 7.80. The molecule has 1 saturated carbocycles. The maximum Gasteiger partial charge on any atom is 0.392 e. The number of hydrogen-bond donors (Lipinski definition) is 0. The lowest BCUT2D eigenvalue weighted by molar-refractivity contribution is -0.201. The highest BCUT2D eigenvalue weighted by Crippen LogP contribution is 2.42. The van der Waals surface area contributed by atoms with Crippen LogP contribution in [0.5, 0.6) is 0 Å². The van der Waals surface area contributed by atoms with Crippen LogP contribution >= 0.6 is 15.9 Å². The predicted octanol–water partition coefficient (Wildman–Crippen LogP) is 3.74. The van der Waals surface area contributed by atoms with Crippen molar-refractivity contribution in [2.75, 3.05) is 13.1 Å². The molecule has 2 aliphatic rings. The van der Waals surface area contributed by atoms with Gasteiger partial charge in [0.15, 0.2) is 0 Å². The molecular formula is C13H19BrF3NO. The van der Waals surface area contributed by atoms with Gasteiger partial charge in [-0.25, -0.2) is 0 Å². The first kappa shape index (κ1) is 15.1. The summed E-state index contributed by atoms with van der Waals surface area (Å²) in [6.45, 7) is 1.16. The summed E-state index contributed by atoms with van der Waals surface area (Å²) in [5, 5.41) is 0. The molecule has 1 aliphatic carbocycles. The third-order valence-corrected chi connectivity index (χ3v) is 5.16. The lowest BCUT2D eigenvalue weighted by Gasteiger charge is -2.37. The zero-order chi connectivity index (χ0) is 14.0. The van der Waals surface area contributed by atoms with Gasteiger partial charge in [0.1, 0.15) is 0 Å². The lowest BCUT2D eigenvalue weighted by Crippen LogP contribution is -2.47. The van der Waals surface area contributed by atoms with Gasteiger partial charge in [-0.15, -0.1) is 0 Å². The van der Waals surface area contributed by atoms with Crippen LogP contribution < -0.4 is 0 Å². The molecule has 1 saturated heterocycles. The van der Waals surface area contributed by atoms with Crippen LogP contribution in [0.25, 0.3) is 0 Å². The van der Waals surface area contributed by atoms with Crippen molar-refractivity contribution in [3.63, 3.8) is 0 Å². The molecule has 0 bridgehead atoms. The molecule has 2 nitrogen and oxygen atoms in total. The summed E-state index contributed by atoms with van der Waals surface area (Å²) in [7, 11) is 0. The van der Waals surface area contributed by atoms with E-state index in [-0.39, 0.29) is 12.3 Å². The second-order valence-corrected chi connectivity index (χ2v) is 6.83. The van der Waals surface area contributed by atoms with Gasteiger partial charge in [0.25, 0.3) is 0 Å². The third kappa shape index (κ3) is 3.64. The zero-order valence-electron chi connectivity index (χ0n) is 10.8. The van der Waals surface area contributed by atoms with E-state index in [1.165, 1.54) is 0 Å². The van der Waals surface area contributed by atoms with Crippen molar-refractivity contribution in [3.05, 3.63) is 0 Å². The van der Waals surface area contributed by atoms with Gasteiger partial charge in [-0.1, -0.05) is 28.8 Å². The quantitative estimate of drug-likeness (QED) is 0.665. The Hall–Kier alpha value is -0.260. The number of nitrogens with zero attached hydrogens (tertiary/aromatic N) is 1. The topological polar surface area (TPSA) is 20.3 Å². The van der Waals surface area contributed by atoms with Crippen molar-refractivity contribution in [1.82, 2.24) is 4.90 Å². The number of halogens is 4. The molecule has 0 aromatic heterocycles. The molecule has 0 spiro atoms. The van der Waals surface area contributed by atoms with E-state index in [2.05, 4.69) is 15.9 Å². The minimum atomic E-state index is -4.24. The number of likely N-dealkylation sites (tertiary alicyclic amines) is 1. The number of hydrogen-bond acceptors (Lipinski definition) is 1. The Morgan fingerprint density at radius 2 is 1.63 bits per heavy atom. The van der Waals surface area contributed by atoms with Crippen LogP contribution in [0.2, 0.25) is 0 Å². The molecule has 0 N–H and O–H groups in total. The summed E-state index contributed by atoms with van der Waals surface area (Å²) in [6, 6.07) is 0. The van der Waals surface area contributed by atoms with Crippen LogP contribution in [-0.2, 0) is 4.79 Å². The molecular weight excluding hydrogens is 323 g/mol. The van der Waals surface area contributed by atoms with Gasteiger partial charge < -0.3 is 4.90 Å². The second kappa shape index (κ2) is 6.02. The van der Waals surface area contributed by atoms with Crippen molar-refractivity contribution in [3.8, 4) is 0 Å². The van der Waals surface area contributed by atoms with E-state index in [1.807, 2.05) is 0 Å². The Morgan fingerprint density at radius 3 is 2.21 bits per heavy atom. The Balaban J connectivity index is 2.03. The monoisotopic (exact) mass is 341 g/mol. The van der Waals surface area contributed by atoms with Gasteiger partial charge in [0.2, 0.25) is 5.91 Å². The summed E-state index contributed by atoms with van der Waals surface area (Å²) >= 11 is 3.49. The van der Waals surface area contributed by atoms with E-state index in [0.717, 1.165) is 19.3 Å². The number of carbonyl (C=O) groups excluding carboxylic acids is 1. The standard InChI is InChI=1S/C13H19BrF3NO/c14-9-5-7-18(8-6-9)12(19)10-3-1-2-4-11(10)13(15,16)17/h9-11H,1-8H2. The van der Waals surface area contributed by atoms with E-state index in [9.17, 15) is 18.0 Å².